The highest BCUT2D eigenvalue weighted by molar-refractivity contribution is 9.13. The van der Waals surface area contributed by atoms with E-state index in [-0.39, 0.29) is 5.91 Å². The first-order chi connectivity index (χ1) is 7.97. The molecule has 1 fully saturated rings. The largest absolute Gasteiger partial charge is 0.341 e. The van der Waals surface area contributed by atoms with Gasteiger partial charge in [-0.3, -0.25) is 4.79 Å². The van der Waals surface area contributed by atoms with Crippen LogP contribution in [0.1, 0.15) is 22.5 Å². The second-order valence-electron chi connectivity index (χ2n) is 4.35. The molecule has 1 heterocycles. The monoisotopic (exact) mass is 443 g/mol. The second-order valence-corrected chi connectivity index (χ2v) is 8.87. The van der Waals surface area contributed by atoms with Crippen molar-refractivity contribution in [2.45, 2.75) is 17.7 Å². The number of hydrogen-bond acceptors (Lipinski definition) is 2. The molecule has 6 heteroatoms. The van der Waals surface area contributed by atoms with Gasteiger partial charge in [0.25, 0.3) is 5.91 Å². The molecule has 1 aliphatic rings. The van der Waals surface area contributed by atoms with Crippen molar-refractivity contribution in [3.8, 4) is 0 Å². The maximum absolute atomic E-state index is 12.2. The van der Waals surface area contributed by atoms with Crippen molar-refractivity contribution >= 4 is 65.0 Å². The van der Waals surface area contributed by atoms with Gasteiger partial charge in [-0.25, -0.2) is 0 Å². The van der Waals surface area contributed by atoms with Crippen LogP contribution in [-0.4, -0.2) is 29.2 Å². The molecule has 0 aliphatic heterocycles. The summed E-state index contributed by atoms with van der Waals surface area (Å²) in [6.45, 7) is 0.855. The van der Waals surface area contributed by atoms with Gasteiger partial charge in [0.05, 0.1) is 8.66 Å². The molecule has 1 aromatic rings. The fourth-order valence-corrected chi connectivity index (χ4v) is 5.00. The lowest BCUT2D eigenvalue weighted by molar-refractivity contribution is 0.0753. The average molecular weight is 446 g/mol. The lowest BCUT2D eigenvalue weighted by Gasteiger charge is -2.34. The summed E-state index contributed by atoms with van der Waals surface area (Å²) >= 11 is 11.9. The third-order valence-electron chi connectivity index (χ3n) is 2.91. The van der Waals surface area contributed by atoms with E-state index < -0.39 is 0 Å². The van der Waals surface area contributed by atoms with Crippen LogP contribution in [0.2, 0.25) is 0 Å². The van der Waals surface area contributed by atoms with Gasteiger partial charge in [-0.05, 0) is 56.7 Å². The number of amides is 1. The summed E-state index contributed by atoms with van der Waals surface area (Å²) in [5.74, 6) is 0.764. The summed E-state index contributed by atoms with van der Waals surface area (Å²) in [6.07, 6.45) is 2.35. The smallest absolute Gasteiger partial charge is 0.263 e. The van der Waals surface area contributed by atoms with Crippen LogP contribution in [0.4, 0.5) is 0 Å². The maximum atomic E-state index is 12.2. The molecule has 0 aromatic carbocycles. The predicted molar refractivity (Wildman–Crippen MR) is 82.1 cm³/mol. The highest BCUT2D eigenvalue weighted by atomic mass is 79.9. The molecule has 0 bridgehead atoms. The molecule has 2 nitrogen and oxygen atoms in total. The Morgan fingerprint density at radius 2 is 2.18 bits per heavy atom. The molecule has 1 saturated carbocycles. The number of thiophene rings is 1. The third-order valence-corrected chi connectivity index (χ3v) is 6.90. The molecule has 1 amide bonds. The van der Waals surface area contributed by atoms with Crippen LogP contribution in [-0.2, 0) is 0 Å². The Morgan fingerprint density at radius 3 is 2.65 bits per heavy atom. The van der Waals surface area contributed by atoms with Crippen LogP contribution in [0.5, 0.6) is 0 Å². The predicted octanol–water partition coefficient (Wildman–Crippen LogP) is 4.52. The fraction of sp³-hybridized carbons (Fsp3) is 0.545. The van der Waals surface area contributed by atoms with Crippen molar-refractivity contribution in [3.05, 3.63) is 19.2 Å². The minimum absolute atomic E-state index is 0.111. The maximum Gasteiger partial charge on any atom is 0.263 e. The summed E-state index contributed by atoms with van der Waals surface area (Å²) in [4.78, 5) is 15.4. The number of hydrogen-bond donors (Lipinski definition) is 0. The first kappa shape index (κ1) is 14.0. The van der Waals surface area contributed by atoms with E-state index in [9.17, 15) is 4.79 Å². The number of carbonyl (C=O) groups is 1. The molecule has 94 valence electrons. The van der Waals surface area contributed by atoms with Crippen molar-refractivity contribution < 1.29 is 4.79 Å². The van der Waals surface area contributed by atoms with Gasteiger partial charge in [0.2, 0.25) is 0 Å². The third kappa shape index (κ3) is 3.33. The van der Waals surface area contributed by atoms with Crippen LogP contribution in [0.15, 0.2) is 14.3 Å². The summed E-state index contributed by atoms with van der Waals surface area (Å²) in [5, 5.41) is 0. The first-order valence-corrected chi connectivity index (χ1v) is 8.63. The van der Waals surface area contributed by atoms with Gasteiger partial charge in [0, 0.05) is 22.9 Å². The molecular formula is C11H12Br3NOS. The van der Waals surface area contributed by atoms with Gasteiger partial charge in [-0.15, -0.1) is 11.3 Å². The average Bonchev–Trinajstić information content (AvgIpc) is 2.56. The normalized spacial score (nSPS) is 23.3. The lowest BCUT2D eigenvalue weighted by Crippen LogP contribution is -2.37. The van der Waals surface area contributed by atoms with Crippen molar-refractivity contribution in [3.63, 3.8) is 0 Å². The van der Waals surface area contributed by atoms with E-state index in [4.69, 9.17) is 0 Å². The van der Waals surface area contributed by atoms with Crippen molar-refractivity contribution in [1.29, 1.82) is 0 Å². The van der Waals surface area contributed by atoms with Crippen LogP contribution < -0.4 is 0 Å². The van der Waals surface area contributed by atoms with Crippen molar-refractivity contribution in [2.75, 3.05) is 13.6 Å². The van der Waals surface area contributed by atoms with Gasteiger partial charge in [0.15, 0.2) is 0 Å². The zero-order chi connectivity index (χ0) is 12.6. The number of halogens is 3. The Balaban J connectivity index is 1.95. The van der Waals surface area contributed by atoms with E-state index in [2.05, 4.69) is 47.8 Å². The number of rotatable bonds is 3. The molecule has 0 atom stereocenters. The Labute approximate surface area is 130 Å². The molecule has 17 heavy (non-hydrogen) atoms. The molecule has 1 aliphatic carbocycles. The Kier molecular flexibility index (Phi) is 4.72. The van der Waals surface area contributed by atoms with E-state index in [1.54, 1.807) is 0 Å². The molecule has 1 aromatic heterocycles. The summed E-state index contributed by atoms with van der Waals surface area (Å²) in [7, 11) is 1.88. The lowest BCUT2D eigenvalue weighted by atomic mass is 9.85. The van der Waals surface area contributed by atoms with Gasteiger partial charge < -0.3 is 4.90 Å². The quantitative estimate of drug-likeness (QED) is 0.626. The Bertz CT molecular complexity index is 409. The van der Waals surface area contributed by atoms with Gasteiger partial charge in [-0.2, -0.15) is 0 Å². The van der Waals surface area contributed by atoms with Gasteiger partial charge in [0.1, 0.15) is 0 Å². The van der Waals surface area contributed by atoms with Crippen LogP contribution >= 0.6 is 59.1 Å². The zero-order valence-electron chi connectivity index (χ0n) is 9.25. The first-order valence-electron chi connectivity index (χ1n) is 5.31. The molecular weight excluding hydrogens is 434 g/mol. The van der Waals surface area contributed by atoms with Crippen LogP contribution in [0, 0.1) is 5.92 Å². The van der Waals surface area contributed by atoms with E-state index in [0.29, 0.717) is 10.7 Å². The number of carbonyl (C=O) groups excluding carboxylic acids is 1. The van der Waals surface area contributed by atoms with E-state index in [1.165, 1.54) is 24.2 Å². The molecule has 0 radical (unpaired) electrons. The SMILES string of the molecule is CN(CC1CC(Br)C1)C(=O)c1cc(Br)c(Br)s1. The number of alkyl halides is 1. The minimum atomic E-state index is 0.111. The molecule has 0 saturated heterocycles. The molecule has 2 rings (SSSR count). The Hall–Kier alpha value is 0.610. The van der Waals surface area contributed by atoms with Crippen LogP contribution in [0.3, 0.4) is 0 Å². The highest BCUT2D eigenvalue weighted by Crippen LogP contribution is 2.35. The van der Waals surface area contributed by atoms with Crippen LogP contribution in [0.25, 0.3) is 0 Å². The topological polar surface area (TPSA) is 20.3 Å². The molecule has 0 N–H and O–H groups in total. The number of nitrogens with zero attached hydrogens (tertiary/aromatic N) is 1. The molecule has 0 unspecified atom stereocenters. The zero-order valence-corrected chi connectivity index (χ0v) is 14.8. The minimum Gasteiger partial charge on any atom is -0.341 e. The van der Waals surface area contributed by atoms with Gasteiger partial charge >= 0.3 is 0 Å². The second kappa shape index (κ2) is 5.72. The highest BCUT2D eigenvalue weighted by Gasteiger charge is 2.29. The van der Waals surface area contributed by atoms with Crippen molar-refractivity contribution in [2.24, 2.45) is 5.92 Å². The fourth-order valence-electron chi connectivity index (χ4n) is 1.91. The Morgan fingerprint density at radius 1 is 1.53 bits per heavy atom. The van der Waals surface area contributed by atoms with Gasteiger partial charge in [-0.1, -0.05) is 15.9 Å². The standard InChI is InChI=1S/C11H12Br3NOS/c1-15(5-6-2-7(12)3-6)11(16)9-4-8(13)10(14)17-9/h4,6-7H,2-3,5H2,1H3. The van der Waals surface area contributed by atoms with Crippen molar-refractivity contribution in [1.82, 2.24) is 4.90 Å². The molecule has 0 spiro atoms. The summed E-state index contributed by atoms with van der Waals surface area (Å²) in [5.41, 5.74) is 0. The van der Waals surface area contributed by atoms with E-state index in [1.807, 2.05) is 18.0 Å². The van der Waals surface area contributed by atoms with E-state index in [0.717, 1.165) is 19.7 Å². The van der Waals surface area contributed by atoms with E-state index >= 15 is 0 Å². The summed E-state index contributed by atoms with van der Waals surface area (Å²) < 4.78 is 1.92. The summed E-state index contributed by atoms with van der Waals surface area (Å²) in [6, 6.07) is 1.88.